The van der Waals surface area contributed by atoms with Gasteiger partial charge in [0.05, 0.1) is 24.7 Å². The molecule has 1 unspecified atom stereocenters. The summed E-state index contributed by atoms with van der Waals surface area (Å²) < 4.78 is 5.60. The molecule has 3 saturated heterocycles. The van der Waals surface area contributed by atoms with Crippen LogP contribution in [-0.4, -0.2) is 46.3 Å². The van der Waals surface area contributed by atoms with Crippen LogP contribution in [0.5, 0.6) is 5.75 Å². The van der Waals surface area contributed by atoms with Gasteiger partial charge in [0, 0.05) is 24.2 Å². The van der Waals surface area contributed by atoms with E-state index in [1.165, 1.54) is 6.42 Å². The Morgan fingerprint density at radius 1 is 1.05 bits per heavy atom. The molecule has 3 aliphatic rings. The molecule has 3 fully saturated rings. The predicted octanol–water partition coefficient (Wildman–Crippen LogP) is 6.12. The van der Waals surface area contributed by atoms with Gasteiger partial charge in [-0.1, -0.05) is 66.7 Å². The Kier molecular flexibility index (Phi) is 8.51. The molecule has 0 spiro atoms. The minimum absolute atomic E-state index is 0.0959. The van der Waals surface area contributed by atoms with E-state index in [4.69, 9.17) is 17.0 Å². The highest BCUT2D eigenvalue weighted by Crippen LogP contribution is 2.42. The number of aliphatic hydroxyl groups is 1. The summed E-state index contributed by atoms with van der Waals surface area (Å²) in [4.78, 5) is 7.24. The molecule has 0 aliphatic carbocycles. The number of nitrogens with one attached hydrogen (secondary N) is 2. The number of methoxy groups -OCH3 is 1. The fraction of sp³-hybridized carbons (Fsp3) is 0.314. The van der Waals surface area contributed by atoms with Gasteiger partial charge in [-0.25, -0.2) is 0 Å². The number of fused-ring (bicyclic) bond motifs is 4. The summed E-state index contributed by atoms with van der Waals surface area (Å²) in [5.74, 6) is 1.91. The summed E-state index contributed by atoms with van der Waals surface area (Å²) >= 11 is 6.04. The first-order valence-corrected chi connectivity index (χ1v) is 15.1. The van der Waals surface area contributed by atoms with Crippen LogP contribution < -0.4 is 15.4 Å². The first-order chi connectivity index (χ1) is 20.6. The Labute approximate surface area is 253 Å². The van der Waals surface area contributed by atoms with Crippen LogP contribution in [0.4, 0.5) is 0 Å². The monoisotopic (exact) mass is 578 g/mol. The smallest absolute Gasteiger partial charge is 0.167 e. The number of aliphatic hydroxyl groups excluding tert-OH is 1. The molecule has 3 N–H and O–H groups in total. The molecule has 7 atom stereocenters. The van der Waals surface area contributed by atoms with Crippen molar-refractivity contribution in [2.24, 2.45) is 11.8 Å². The zero-order valence-corrected chi connectivity index (χ0v) is 24.7. The second-order valence-corrected chi connectivity index (χ2v) is 11.8. The minimum atomic E-state index is -0.791. The third-order valence-corrected chi connectivity index (χ3v) is 9.28. The number of benzene rings is 3. The number of ether oxygens (including phenoxy) is 1. The number of piperidine rings is 3. The van der Waals surface area contributed by atoms with Gasteiger partial charge >= 0.3 is 0 Å². The van der Waals surface area contributed by atoms with Gasteiger partial charge in [0.25, 0.3) is 0 Å². The molecule has 7 heteroatoms. The SMILES string of the molecule is C=C[C@H]1CN2CC[C@H]1C[C@H]2[C@@H](NC(=S)N[C@@H](c1ccccc1)[C@@H](O)c1ccccc1)c1ccnc2ccc(OC)cc12. The normalized spacial score (nSPS) is 23.5. The third kappa shape index (κ3) is 5.77. The van der Waals surface area contributed by atoms with E-state index in [9.17, 15) is 5.11 Å². The number of pyridine rings is 1. The van der Waals surface area contributed by atoms with Crippen LogP contribution in [0.15, 0.2) is 104 Å². The van der Waals surface area contributed by atoms with E-state index in [1.807, 2.05) is 79.0 Å². The Morgan fingerprint density at radius 3 is 2.45 bits per heavy atom. The zero-order chi connectivity index (χ0) is 29.1. The molecule has 7 rings (SSSR count). The van der Waals surface area contributed by atoms with Crippen LogP contribution in [0.3, 0.4) is 0 Å². The van der Waals surface area contributed by atoms with E-state index >= 15 is 0 Å². The largest absolute Gasteiger partial charge is 0.497 e. The predicted molar refractivity (Wildman–Crippen MR) is 172 cm³/mol. The average molecular weight is 579 g/mol. The lowest BCUT2D eigenvalue weighted by Crippen LogP contribution is -2.58. The lowest BCUT2D eigenvalue weighted by Gasteiger charge is -2.52. The van der Waals surface area contributed by atoms with Crippen molar-refractivity contribution in [3.8, 4) is 5.75 Å². The quantitative estimate of drug-likeness (QED) is 0.163. The average Bonchev–Trinajstić information content (AvgIpc) is 3.06. The van der Waals surface area contributed by atoms with E-state index in [1.54, 1.807) is 7.11 Å². The van der Waals surface area contributed by atoms with Crippen molar-refractivity contribution in [1.82, 2.24) is 20.5 Å². The van der Waals surface area contributed by atoms with Gasteiger partial charge in [0.2, 0.25) is 0 Å². The second-order valence-electron chi connectivity index (χ2n) is 11.4. The molecule has 0 amide bonds. The summed E-state index contributed by atoms with van der Waals surface area (Å²) in [6, 6.07) is 27.6. The van der Waals surface area contributed by atoms with Crippen LogP contribution in [0.1, 0.15) is 47.7 Å². The second kappa shape index (κ2) is 12.6. The highest BCUT2D eigenvalue weighted by atomic mass is 32.1. The number of hydrogen-bond acceptors (Lipinski definition) is 5. The fourth-order valence-electron chi connectivity index (χ4n) is 6.82. The van der Waals surface area contributed by atoms with Gasteiger partial charge in [0.1, 0.15) is 11.9 Å². The van der Waals surface area contributed by atoms with Gasteiger partial charge < -0.3 is 20.5 Å². The van der Waals surface area contributed by atoms with Crippen molar-refractivity contribution < 1.29 is 9.84 Å². The number of rotatable bonds is 9. The molecule has 0 saturated carbocycles. The van der Waals surface area contributed by atoms with Gasteiger partial charge in [-0.15, -0.1) is 6.58 Å². The Hall–Kier alpha value is -3.78. The molecular formula is C35H38N4O2S. The van der Waals surface area contributed by atoms with Gasteiger partial charge in [0.15, 0.2) is 5.11 Å². The molecule has 42 heavy (non-hydrogen) atoms. The number of aromatic nitrogens is 1. The Bertz CT molecular complexity index is 1530. The van der Waals surface area contributed by atoms with E-state index < -0.39 is 12.1 Å². The molecule has 4 heterocycles. The van der Waals surface area contributed by atoms with Crippen molar-refractivity contribution in [1.29, 1.82) is 0 Å². The standard InChI is InChI=1S/C35H38N4O2S/c1-3-23-22-39-19-17-26(23)20-31(39)33(28-16-18-36-30-15-14-27(41-2)21-29(28)30)38-35(42)37-32(24-10-6-4-7-11-24)34(40)25-12-8-5-9-13-25/h3-16,18,21,23,26,31-34,40H,1,17,19-20,22H2,2H3,(H2,37,38,42)/t23-,26-,31-,32-,33-,34-/m0/s1. The summed E-state index contributed by atoms with van der Waals surface area (Å²) in [5, 5.41) is 20.3. The van der Waals surface area contributed by atoms with Gasteiger partial charge in [-0.2, -0.15) is 0 Å². The molecule has 6 nitrogen and oxygen atoms in total. The van der Waals surface area contributed by atoms with Crippen molar-refractivity contribution in [2.75, 3.05) is 20.2 Å². The molecule has 3 aromatic carbocycles. The van der Waals surface area contributed by atoms with Gasteiger partial charge in [-0.3, -0.25) is 9.88 Å². The lowest BCUT2D eigenvalue weighted by atomic mass is 9.73. The first-order valence-electron chi connectivity index (χ1n) is 14.7. The van der Waals surface area contributed by atoms with Crippen molar-refractivity contribution in [3.63, 3.8) is 0 Å². The number of hydrogen-bond donors (Lipinski definition) is 3. The van der Waals surface area contributed by atoms with Crippen LogP contribution in [0, 0.1) is 11.8 Å². The molecule has 3 aliphatic heterocycles. The van der Waals surface area contributed by atoms with Gasteiger partial charge in [-0.05, 0) is 84.4 Å². The zero-order valence-electron chi connectivity index (χ0n) is 23.9. The fourth-order valence-corrected chi connectivity index (χ4v) is 7.08. The van der Waals surface area contributed by atoms with Crippen molar-refractivity contribution >= 4 is 28.2 Å². The number of nitrogens with zero attached hydrogens (tertiary/aromatic N) is 2. The van der Waals surface area contributed by atoms with Crippen LogP contribution >= 0.6 is 12.2 Å². The summed E-state index contributed by atoms with van der Waals surface area (Å²) in [7, 11) is 1.69. The third-order valence-electron chi connectivity index (χ3n) is 9.04. The van der Waals surface area contributed by atoms with Crippen LogP contribution in [0.25, 0.3) is 10.9 Å². The van der Waals surface area contributed by atoms with E-state index in [0.29, 0.717) is 16.9 Å². The van der Waals surface area contributed by atoms with E-state index in [2.05, 4.69) is 45.3 Å². The van der Waals surface area contributed by atoms with E-state index in [-0.39, 0.29) is 12.1 Å². The maximum absolute atomic E-state index is 11.5. The number of thiocarbonyl (C=S) groups is 1. The first kappa shape index (κ1) is 28.3. The Balaban J connectivity index is 1.35. The molecule has 0 radical (unpaired) electrons. The molecule has 2 bridgehead atoms. The maximum Gasteiger partial charge on any atom is 0.167 e. The molecule has 1 aromatic heterocycles. The van der Waals surface area contributed by atoms with Crippen LogP contribution in [-0.2, 0) is 0 Å². The van der Waals surface area contributed by atoms with Crippen molar-refractivity contribution in [3.05, 3.63) is 120 Å². The highest BCUT2D eigenvalue weighted by molar-refractivity contribution is 7.80. The summed E-state index contributed by atoms with van der Waals surface area (Å²) in [5.41, 5.74) is 3.84. The maximum atomic E-state index is 11.5. The summed E-state index contributed by atoms with van der Waals surface area (Å²) in [6.45, 7) is 6.19. The van der Waals surface area contributed by atoms with E-state index in [0.717, 1.165) is 52.9 Å². The topological polar surface area (TPSA) is 69.7 Å². The lowest BCUT2D eigenvalue weighted by molar-refractivity contribution is 0.00421. The van der Waals surface area contributed by atoms with Crippen LogP contribution in [0.2, 0.25) is 0 Å². The highest BCUT2D eigenvalue weighted by Gasteiger charge is 2.43. The summed E-state index contributed by atoms with van der Waals surface area (Å²) in [6.07, 6.45) is 5.46. The molecule has 216 valence electrons. The molecule has 4 aromatic rings. The van der Waals surface area contributed by atoms with Crippen molar-refractivity contribution in [2.45, 2.75) is 37.1 Å². The minimum Gasteiger partial charge on any atom is -0.497 e. The Morgan fingerprint density at radius 2 is 1.79 bits per heavy atom. The molecular weight excluding hydrogens is 540 g/mol.